The lowest BCUT2D eigenvalue weighted by Gasteiger charge is -2.39. The third-order valence-electron chi connectivity index (χ3n) is 10.9. The van der Waals surface area contributed by atoms with Crippen molar-refractivity contribution in [3.8, 4) is 0 Å². The van der Waals surface area contributed by atoms with Crippen LogP contribution in [0.15, 0.2) is 121 Å². The molecule has 3 aliphatic carbocycles. The molecule has 2 N–H and O–H groups in total. The van der Waals surface area contributed by atoms with Crippen LogP contribution in [0, 0.1) is 11.8 Å². The minimum absolute atomic E-state index is 0.0727. The maximum atomic E-state index is 11.8. The van der Waals surface area contributed by atoms with Crippen LogP contribution in [0.1, 0.15) is 64.2 Å². The molecule has 8 atom stereocenters. The highest BCUT2D eigenvalue weighted by Crippen LogP contribution is 2.53. The van der Waals surface area contributed by atoms with E-state index in [1.165, 1.54) is 21.2 Å². The van der Waals surface area contributed by atoms with E-state index in [0.29, 0.717) is 11.3 Å². The minimum atomic E-state index is -0.843. The number of hydrogen-bond acceptors (Lipinski definition) is 4. The average Bonchev–Trinajstić information content (AvgIpc) is 3.82. The second-order valence-electron chi connectivity index (χ2n) is 13.8. The van der Waals surface area contributed by atoms with E-state index in [2.05, 4.69) is 121 Å². The SMILES string of the molecule is OC(OC1CCCCC1OC(O)C1CCCC1P(c1ccccc1)c1ccccc1)C1CCCC1P(c1ccccc1)c1ccccc1. The van der Waals surface area contributed by atoms with Crippen molar-refractivity contribution in [1.29, 1.82) is 0 Å². The van der Waals surface area contributed by atoms with Gasteiger partial charge >= 0.3 is 0 Å². The minimum Gasteiger partial charge on any atom is -0.368 e. The Hall–Kier alpha value is -2.42. The Balaban J connectivity index is 1.06. The first-order valence-corrected chi connectivity index (χ1v) is 21.0. The summed E-state index contributed by atoms with van der Waals surface area (Å²) in [7, 11) is -1.28. The summed E-state index contributed by atoms with van der Waals surface area (Å²) in [6.07, 6.45) is 8.05. The molecular weight excluding hydrogens is 630 g/mol. The Labute approximate surface area is 289 Å². The molecule has 7 rings (SSSR count). The molecule has 4 aromatic rings. The van der Waals surface area contributed by atoms with Gasteiger partial charge in [0.05, 0.1) is 12.2 Å². The highest BCUT2D eigenvalue weighted by molar-refractivity contribution is 7.74. The molecule has 3 saturated carbocycles. The van der Waals surface area contributed by atoms with Crippen molar-refractivity contribution in [1.82, 2.24) is 0 Å². The van der Waals surface area contributed by atoms with Gasteiger partial charge in [0.15, 0.2) is 12.6 Å². The van der Waals surface area contributed by atoms with Gasteiger partial charge in [0.2, 0.25) is 0 Å². The van der Waals surface area contributed by atoms with Gasteiger partial charge in [-0.25, -0.2) is 0 Å². The monoisotopic (exact) mass is 680 g/mol. The van der Waals surface area contributed by atoms with Gasteiger partial charge in [-0.3, -0.25) is 0 Å². The standard InChI is InChI=1S/C42H50O4P2/c43-41(35-25-15-29-39(35)47(31-17-5-1-6-18-31)32-19-7-2-8-20-32)45-37-27-13-14-28-38(37)46-42(44)36-26-16-30-40(36)48(33-21-9-3-10-22-33)34-23-11-4-12-24-34/h1-12,17-24,35-44H,13-16,25-30H2. The van der Waals surface area contributed by atoms with Crippen molar-refractivity contribution < 1.29 is 19.7 Å². The average molecular weight is 681 g/mol. The summed E-state index contributed by atoms with van der Waals surface area (Å²) in [5, 5.41) is 29.1. The Morgan fingerprint density at radius 3 is 1.04 bits per heavy atom. The van der Waals surface area contributed by atoms with Gasteiger partial charge in [0.1, 0.15) is 0 Å². The van der Waals surface area contributed by atoms with E-state index in [1.807, 2.05) is 0 Å². The molecule has 0 spiro atoms. The lowest BCUT2D eigenvalue weighted by molar-refractivity contribution is -0.241. The molecule has 3 fully saturated rings. The van der Waals surface area contributed by atoms with Gasteiger partial charge in [-0.1, -0.05) is 147 Å². The maximum Gasteiger partial charge on any atom is 0.158 e. The number of hydrogen-bond donors (Lipinski definition) is 2. The van der Waals surface area contributed by atoms with Crippen LogP contribution in [-0.2, 0) is 9.47 Å². The zero-order valence-electron chi connectivity index (χ0n) is 27.8. The van der Waals surface area contributed by atoms with Crippen LogP contribution in [0.4, 0.5) is 0 Å². The van der Waals surface area contributed by atoms with Crippen molar-refractivity contribution in [3.63, 3.8) is 0 Å². The quantitative estimate of drug-likeness (QED) is 0.120. The first kappa shape index (κ1) is 34.0. The smallest absolute Gasteiger partial charge is 0.158 e. The molecule has 0 aromatic heterocycles. The Kier molecular flexibility index (Phi) is 11.7. The molecule has 252 valence electrons. The van der Waals surface area contributed by atoms with E-state index in [-0.39, 0.29) is 24.0 Å². The lowest BCUT2D eigenvalue weighted by Crippen LogP contribution is -2.44. The number of rotatable bonds is 12. The predicted molar refractivity (Wildman–Crippen MR) is 201 cm³/mol. The summed E-state index contributed by atoms with van der Waals surface area (Å²) in [6, 6.07) is 43.5. The normalized spacial score (nSPS) is 27.3. The lowest BCUT2D eigenvalue weighted by atomic mass is 9.94. The first-order valence-electron chi connectivity index (χ1n) is 18.1. The third-order valence-corrected chi connectivity index (χ3v) is 16.9. The Bertz CT molecular complexity index is 1330. The first-order chi connectivity index (χ1) is 23.7. The second-order valence-corrected chi connectivity index (χ2v) is 18.7. The van der Waals surface area contributed by atoms with E-state index in [4.69, 9.17) is 9.47 Å². The Morgan fingerprint density at radius 1 is 0.417 bits per heavy atom. The van der Waals surface area contributed by atoms with Crippen LogP contribution in [0.25, 0.3) is 0 Å². The zero-order valence-corrected chi connectivity index (χ0v) is 29.6. The molecular formula is C42H50O4P2. The van der Waals surface area contributed by atoms with Crippen molar-refractivity contribution in [2.24, 2.45) is 11.8 Å². The summed E-state index contributed by atoms with van der Waals surface area (Å²) in [5.41, 5.74) is 0.700. The zero-order chi connectivity index (χ0) is 32.7. The van der Waals surface area contributed by atoms with Gasteiger partial charge in [0.25, 0.3) is 0 Å². The van der Waals surface area contributed by atoms with Gasteiger partial charge < -0.3 is 19.7 Å². The van der Waals surface area contributed by atoms with E-state index in [0.717, 1.165) is 64.2 Å². The fourth-order valence-corrected chi connectivity index (χ4v) is 14.9. The van der Waals surface area contributed by atoms with Crippen molar-refractivity contribution in [2.45, 2.75) is 100 Å². The van der Waals surface area contributed by atoms with Crippen LogP contribution < -0.4 is 21.2 Å². The molecule has 0 amide bonds. The largest absolute Gasteiger partial charge is 0.368 e. The van der Waals surface area contributed by atoms with Crippen molar-refractivity contribution in [3.05, 3.63) is 121 Å². The Morgan fingerprint density at radius 2 is 0.729 bits per heavy atom. The fraction of sp³-hybridized carbons (Fsp3) is 0.429. The molecule has 48 heavy (non-hydrogen) atoms. The topological polar surface area (TPSA) is 58.9 Å². The molecule has 8 unspecified atom stereocenters. The van der Waals surface area contributed by atoms with Crippen molar-refractivity contribution >= 4 is 37.1 Å². The summed E-state index contributed by atoms with van der Waals surface area (Å²) in [5.74, 6) is 0.145. The van der Waals surface area contributed by atoms with E-state index in [9.17, 15) is 10.2 Å². The second kappa shape index (κ2) is 16.5. The predicted octanol–water partition coefficient (Wildman–Crippen LogP) is 7.57. The highest BCUT2D eigenvalue weighted by atomic mass is 31.1. The van der Waals surface area contributed by atoms with Crippen LogP contribution in [0.2, 0.25) is 0 Å². The van der Waals surface area contributed by atoms with Crippen LogP contribution >= 0.6 is 15.8 Å². The summed E-state index contributed by atoms with van der Waals surface area (Å²) in [6.45, 7) is 0. The van der Waals surface area contributed by atoms with Crippen LogP contribution in [0.5, 0.6) is 0 Å². The van der Waals surface area contributed by atoms with Gasteiger partial charge in [0, 0.05) is 11.8 Å². The number of ether oxygens (including phenoxy) is 2. The fourth-order valence-electron chi connectivity index (χ4n) is 8.60. The molecule has 0 aliphatic heterocycles. The summed E-state index contributed by atoms with van der Waals surface area (Å²) < 4.78 is 13.3. The summed E-state index contributed by atoms with van der Waals surface area (Å²) in [4.78, 5) is 0. The third kappa shape index (κ3) is 7.81. The van der Waals surface area contributed by atoms with E-state index >= 15 is 0 Å². The molecule has 0 saturated heterocycles. The molecule has 6 heteroatoms. The number of aliphatic hydroxyl groups is 2. The van der Waals surface area contributed by atoms with Gasteiger partial charge in [-0.05, 0) is 86.9 Å². The van der Waals surface area contributed by atoms with Crippen LogP contribution in [0.3, 0.4) is 0 Å². The van der Waals surface area contributed by atoms with E-state index < -0.39 is 28.4 Å². The molecule has 4 nitrogen and oxygen atoms in total. The van der Waals surface area contributed by atoms with Crippen LogP contribution in [-0.4, -0.2) is 46.3 Å². The van der Waals surface area contributed by atoms with Gasteiger partial charge in [-0.2, -0.15) is 0 Å². The van der Waals surface area contributed by atoms with E-state index in [1.54, 1.807) is 0 Å². The maximum absolute atomic E-state index is 11.8. The summed E-state index contributed by atoms with van der Waals surface area (Å²) >= 11 is 0. The number of benzene rings is 4. The number of aliphatic hydroxyl groups excluding tert-OH is 2. The van der Waals surface area contributed by atoms with Crippen molar-refractivity contribution in [2.75, 3.05) is 0 Å². The molecule has 0 bridgehead atoms. The molecule has 0 heterocycles. The highest BCUT2D eigenvalue weighted by Gasteiger charge is 2.44. The molecule has 0 radical (unpaired) electrons. The van der Waals surface area contributed by atoms with Gasteiger partial charge in [-0.15, -0.1) is 0 Å². The molecule has 4 aromatic carbocycles. The molecule has 3 aliphatic rings.